The normalized spacial score (nSPS) is 19.4. The number of hydrogen-bond acceptors (Lipinski definition) is 9. The number of nitrogens with one attached hydrogen (secondary N) is 1. The predicted molar refractivity (Wildman–Crippen MR) is 147 cm³/mol. The van der Waals surface area contributed by atoms with Crippen LogP contribution in [0, 0.1) is 5.92 Å². The van der Waals surface area contributed by atoms with Gasteiger partial charge in [0.05, 0.1) is 30.4 Å². The molecule has 2 N–H and O–H groups in total. The third kappa shape index (κ3) is 5.75. The summed E-state index contributed by atoms with van der Waals surface area (Å²) in [4.78, 5) is 15.1. The van der Waals surface area contributed by atoms with Gasteiger partial charge in [0.1, 0.15) is 14.5 Å². The molecule has 1 aromatic carbocycles. The lowest BCUT2D eigenvalue weighted by Gasteiger charge is -2.38. The Morgan fingerprint density at radius 2 is 1.76 bits per heavy atom. The SMILES string of the molecule is C[C@@H]1CN([C@@H](C)CO)C(=O)c2cccc(NS(=O)(=O)c3cccs3)c2O[C@@H]1CN(C)S(=O)(=O)c1cccs1. The van der Waals surface area contributed by atoms with E-state index >= 15 is 0 Å². The summed E-state index contributed by atoms with van der Waals surface area (Å²) in [6.45, 7) is 3.39. The highest BCUT2D eigenvalue weighted by Gasteiger charge is 2.36. The maximum absolute atomic E-state index is 13.6. The van der Waals surface area contributed by atoms with Crippen LogP contribution >= 0.6 is 22.7 Å². The molecule has 38 heavy (non-hydrogen) atoms. The van der Waals surface area contributed by atoms with Gasteiger partial charge in [0.25, 0.3) is 26.0 Å². The van der Waals surface area contributed by atoms with E-state index < -0.39 is 38.1 Å². The second kappa shape index (κ2) is 11.3. The van der Waals surface area contributed by atoms with Gasteiger partial charge in [0.2, 0.25) is 0 Å². The number of carbonyl (C=O) groups is 1. The van der Waals surface area contributed by atoms with E-state index in [-0.39, 0.29) is 51.0 Å². The van der Waals surface area contributed by atoms with E-state index in [1.54, 1.807) is 35.9 Å². The number of amides is 1. The second-order valence-corrected chi connectivity index (χ2v) is 15.1. The van der Waals surface area contributed by atoms with Gasteiger partial charge in [-0.25, -0.2) is 16.8 Å². The molecule has 0 bridgehead atoms. The summed E-state index contributed by atoms with van der Waals surface area (Å²) >= 11 is 2.15. The lowest BCUT2D eigenvalue weighted by Crippen LogP contribution is -2.50. The molecule has 14 heteroatoms. The number of carbonyl (C=O) groups excluding carboxylic acids is 1. The fourth-order valence-corrected chi connectivity index (χ4v) is 8.51. The number of sulfonamides is 2. The molecule has 0 aliphatic carbocycles. The monoisotopic (exact) mass is 599 g/mol. The van der Waals surface area contributed by atoms with Crippen molar-refractivity contribution < 1.29 is 31.5 Å². The summed E-state index contributed by atoms with van der Waals surface area (Å²) in [6.07, 6.45) is -0.748. The van der Waals surface area contributed by atoms with Crippen molar-refractivity contribution in [2.75, 3.05) is 31.5 Å². The zero-order chi connectivity index (χ0) is 27.7. The molecule has 4 rings (SSSR count). The van der Waals surface area contributed by atoms with Gasteiger partial charge in [-0.2, -0.15) is 4.31 Å². The number of aliphatic hydroxyl groups is 1. The van der Waals surface area contributed by atoms with Crippen molar-refractivity contribution in [1.29, 1.82) is 0 Å². The number of hydrogen-bond donors (Lipinski definition) is 2. The topological polar surface area (TPSA) is 133 Å². The maximum Gasteiger partial charge on any atom is 0.271 e. The number of thiophene rings is 2. The number of aliphatic hydroxyl groups excluding tert-OH is 1. The first-order chi connectivity index (χ1) is 18.0. The van der Waals surface area contributed by atoms with Gasteiger partial charge in [-0.1, -0.05) is 25.1 Å². The zero-order valence-corrected chi connectivity index (χ0v) is 24.2. The van der Waals surface area contributed by atoms with Gasteiger partial charge in [0, 0.05) is 19.5 Å². The number of ether oxygens (including phenoxy) is 1. The molecule has 206 valence electrons. The minimum Gasteiger partial charge on any atom is -0.486 e. The second-order valence-electron chi connectivity index (χ2n) is 9.06. The molecule has 1 amide bonds. The van der Waals surface area contributed by atoms with Crippen LogP contribution in [-0.4, -0.2) is 75.9 Å². The van der Waals surface area contributed by atoms with Gasteiger partial charge in [-0.15, -0.1) is 22.7 Å². The van der Waals surface area contributed by atoms with Gasteiger partial charge < -0.3 is 14.7 Å². The average molecular weight is 600 g/mol. The Morgan fingerprint density at radius 3 is 2.37 bits per heavy atom. The molecular weight excluding hydrogens is 571 g/mol. The van der Waals surface area contributed by atoms with Crippen molar-refractivity contribution in [2.45, 2.75) is 34.4 Å². The van der Waals surface area contributed by atoms with E-state index in [2.05, 4.69) is 4.72 Å². The first-order valence-electron chi connectivity index (χ1n) is 11.7. The maximum atomic E-state index is 13.6. The number of rotatable bonds is 9. The van der Waals surface area contributed by atoms with Crippen LogP contribution in [0.5, 0.6) is 5.75 Å². The summed E-state index contributed by atoms with van der Waals surface area (Å²) in [7, 11) is -6.30. The van der Waals surface area contributed by atoms with Crippen LogP contribution < -0.4 is 9.46 Å². The molecule has 0 saturated heterocycles. The van der Waals surface area contributed by atoms with Crippen LogP contribution in [0.4, 0.5) is 5.69 Å². The summed E-state index contributed by atoms with van der Waals surface area (Å²) in [5.41, 5.74) is 0.168. The van der Waals surface area contributed by atoms with E-state index in [0.29, 0.717) is 0 Å². The minimum atomic E-state index is -3.96. The number of likely N-dealkylation sites (N-methyl/N-ethyl adjacent to an activating group) is 1. The van der Waals surface area contributed by atoms with E-state index in [0.717, 1.165) is 22.7 Å². The summed E-state index contributed by atoms with van der Waals surface area (Å²) in [5, 5.41) is 13.2. The third-order valence-electron chi connectivity index (χ3n) is 6.29. The Hall–Kier alpha value is -2.49. The molecule has 1 aliphatic rings. The Bertz CT molecular complexity index is 1470. The van der Waals surface area contributed by atoms with Crippen molar-refractivity contribution in [3.63, 3.8) is 0 Å². The average Bonchev–Trinajstić information content (AvgIpc) is 3.61. The Morgan fingerprint density at radius 1 is 1.11 bits per heavy atom. The molecule has 2 aromatic heterocycles. The molecule has 10 nitrogen and oxygen atoms in total. The number of nitrogens with zero attached hydrogens (tertiary/aromatic N) is 2. The standard InChI is InChI=1S/C24H29N3O7S4/c1-16-13-27(17(2)15-28)24(29)18-7-4-8-19(25-37(30,31)21-9-5-11-35-21)23(18)34-20(16)14-26(3)38(32,33)22-10-6-12-36-22/h4-12,16-17,20,25,28H,13-15H2,1-3H3/t16-,17+,20-/m1/s1. The molecule has 3 atom stereocenters. The third-order valence-corrected chi connectivity index (χ3v) is 12.3. The van der Waals surface area contributed by atoms with E-state index in [1.165, 1.54) is 40.5 Å². The van der Waals surface area contributed by atoms with Gasteiger partial charge in [-0.05, 0) is 41.9 Å². The highest BCUT2D eigenvalue weighted by Crippen LogP contribution is 2.36. The Kier molecular flexibility index (Phi) is 8.49. The van der Waals surface area contributed by atoms with Gasteiger partial charge >= 0.3 is 0 Å². The van der Waals surface area contributed by atoms with E-state index in [4.69, 9.17) is 4.74 Å². The zero-order valence-electron chi connectivity index (χ0n) is 21.0. The molecule has 3 heterocycles. The highest BCUT2D eigenvalue weighted by atomic mass is 32.3. The number of anilines is 1. The predicted octanol–water partition coefficient (Wildman–Crippen LogP) is 3.15. The molecule has 3 aromatic rings. The first-order valence-corrected chi connectivity index (χ1v) is 16.4. The van der Waals surface area contributed by atoms with Crippen LogP contribution in [0.25, 0.3) is 0 Å². The molecule has 1 aliphatic heterocycles. The highest BCUT2D eigenvalue weighted by molar-refractivity contribution is 7.94. The largest absolute Gasteiger partial charge is 0.486 e. The first kappa shape index (κ1) is 28.5. The molecule has 0 unspecified atom stereocenters. The fourth-order valence-electron chi connectivity index (χ4n) is 4.07. The van der Waals surface area contributed by atoms with Gasteiger partial charge in [-0.3, -0.25) is 9.52 Å². The number of para-hydroxylation sites is 1. The van der Waals surface area contributed by atoms with Crippen molar-refractivity contribution in [3.8, 4) is 5.75 Å². The minimum absolute atomic E-state index is 0.00578. The summed E-state index contributed by atoms with van der Waals surface area (Å²) in [6, 6.07) is 10.3. The molecule has 0 radical (unpaired) electrons. The van der Waals surface area contributed by atoms with Crippen molar-refractivity contribution in [2.24, 2.45) is 5.92 Å². The number of benzene rings is 1. The molecule has 0 spiro atoms. The fraction of sp³-hybridized carbons (Fsp3) is 0.375. The lowest BCUT2D eigenvalue weighted by atomic mass is 9.99. The summed E-state index contributed by atoms with van der Waals surface area (Å²) in [5.74, 6) is -0.793. The number of fused-ring (bicyclic) bond motifs is 1. The van der Waals surface area contributed by atoms with E-state index in [9.17, 15) is 26.7 Å². The van der Waals surface area contributed by atoms with Crippen molar-refractivity contribution in [3.05, 3.63) is 58.8 Å². The van der Waals surface area contributed by atoms with Crippen LogP contribution in [0.15, 0.2) is 61.6 Å². The van der Waals surface area contributed by atoms with Gasteiger partial charge in [0.15, 0.2) is 5.75 Å². The van der Waals surface area contributed by atoms with Crippen molar-refractivity contribution in [1.82, 2.24) is 9.21 Å². The molecule has 0 saturated carbocycles. The van der Waals surface area contributed by atoms with Crippen LogP contribution in [0.2, 0.25) is 0 Å². The quantitative estimate of drug-likeness (QED) is 0.386. The van der Waals surface area contributed by atoms with Crippen LogP contribution in [0.1, 0.15) is 24.2 Å². The van der Waals surface area contributed by atoms with E-state index in [1.807, 2.05) is 6.92 Å². The Balaban J connectivity index is 1.76. The van der Waals surface area contributed by atoms with Crippen LogP contribution in [-0.2, 0) is 20.0 Å². The van der Waals surface area contributed by atoms with Crippen LogP contribution in [0.3, 0.4) is 0 Å². The summed E-state index contributed by atoms with van der Waals surface area (Å²) < 4.78 is 62.6. The van der Waals surface area contributed by atoms with Crippen molar-refractivity contribution >= 4 is 54.3 Å². The molecular formula is C24H29N3O7S4. The lowest BCUT2D eigenvalue weighted by molar-refractivity contribution is 0.0389. The molecule has 0 fully saturated rings. The Labute approximate surface area is 230 Å². The smallest absolute Gasteiger partial charge is 0.271 e.